The minimum Gasteiger partial charge on any atom is -0.491 e. The van der Waals surface area contributed by atoms with Crippen LogP contribution in [0.3, 0.4) is 0 Å². The van der Waals surface area contributed by atoms with E-state index in [0.717, 1.165) is 16.2 Å². The smallest absolute Gasteiger partial charge is 0.259 e. The molecule has 7 heteroatoms. The molecule has 0 saturated heterocycles. The molecule has 0 fully saturated rings. The van der Waals surface area contributed by atoms with Crippen LogP contribution < -0.4 is 15.6 Å². The third-order valence-electron chi connectivity index (χ3n) is 3.48. The van der Waals surface area contributed by atoms with Crippen LogP contribution in [0.2, 0.25) is 0 Å². The van der Waals surface area contributed by atoms with E-state index in [0.29, 0.717) is 16.8 Å². The van der Waals surface area contributed by atoms with Gasteiger partial charge in [0.1, 0.15) is 10.6 Å². The van der Waals surface area contributed by atoms with E-state index in [9.17, 15) is 9.59 Å². The molecule has 2 aromatic heterocycles. The molecule has 0 aliphatic rings. The lowest BCUT2D eigenvalue weighted by Crippen LogP contribution is -2.19. The number of thiophene rings is 1. The number of carbonyl (C=O) groups excluding carboxylic acids is 1. The van der Waals surface area contributed by atoms with Gasteiger partial charge in [-0.25, -0.2) is 4.98 Å². The van der Waals surface area contributed by atoms with Gasteiger partial charge >= 0.3 is 0 Å². The fraction of sp³-hybridized carbons (Fsp3) is 0.211. The van der Waals surface area contributed by atoms with Crippen LogP contribution in [0, 0.1) is 0 Å². The maximum absolute atomic E-state index is 12.0. The molecule has 0 aliphatic carbocycles. The Morgan fingerprint density at radius 3 is 3.00 bits per heavy atom. The number of fused-ring (bicyclic) bond motifs is 1. The number of amides is 1. The molecule has 134 valence electrons. The Morgan fingerprint density at radius 2 is 2.23 bits per heavy atom. The summed E-state index contributed by atoms with van der Waals surface area (Å²) in [4.78, 5) is 31.9. The zero-order chi connectivity index (χ0) is 18.5. The summed E-state index contributed by atoms with van der Waals surface area (Å²) in [5.74, 6) is 0.560. The standard InChI is InChI=1S/C19H19N3O3S/c1-12(2)25-14-5-3-4-13(8-14)6-7-17(23)20-10-15-9-16-18(24)21-11-22-19(16)26-15/h3-9,11-12H,10H2,1-2H3,(H,20,23)(H,21,22,24)/b7-6+. The summed E-state index contributed by atoms with van der Waals surface area (Å²) in [5, 5.41) is 3.35. The van der Waals surface area contributed by atoms with Gasteiger partial charge in [-0.1, -0.05) is 12.1 Å². The van der Waals surface area contributed by atoms with Crippen molar-refractivity contribution in [1.82, 2.24) is 15.3 Å². The Labute approximate surface area is 154 Å². The monoisotopic (exact) mass is 369 g/mol. The van der Waals surface area contributed by atoms with E-state index in [1.54, 1.807) is 12.1 Å². The van der Waals surface area contributed by atoms with Gasteiger partial charge in [-0.15, -0.1) is 11.3 Å². The minimum atomic E-state index is -0.209. The Hall–Kier alpha value is -2.93. The quantitative estimate of drug-likeness (QED) is 0.654. The first-order valence-electron chi connectivity index (χ1n) is 8.20. The van der Waals surface area contributed by atoms with Crippen molar-refractivity contribution in [3.8, 4) is 5.75 Å². The zero-order valence-electron chi connectivity index (χ0n) is 14.5. The van der Waals surface area contributed by atoms with Crippen LogP contribution in [0.5, 0.6) is 5.75 Å². The maximum Gasteiger partial charge on any atom is 0.259 e. The number of rotatable bonds is 6. The fourth-order valence-electron chi connectivity index (χ4n) is 2.37. The van der Waals surface area contributed by atoms with E-state index < -0.39 is 0 Å². The van der Waals surface area contributed by atoms with E-state index in [2.05, 4.69) is 15.3 Å². The van der Waals surface area contributed by atoms with Crippen molar-refractivity contribution in [3.05, 3.63) is 63.5 Å². The first-order chi connectivity index (χ1) is 12.5. The molecule has 1 amide bonds. The van der Waals surface area contributed by atoms with Crippen molar-refractivity contribution in [1.29, 1.82) is 0 Å². The summed E-state index contributed by atoms with van der Waals surface area (Å²) in [6.45, 7) is 4.28. The third-order valence-corrected chi connectivity index (χ3v) is 4.52. The molecule has 26 heavy (non-hydrogen) atoms. The number of ether oxygens (including phenoxy) is 1. The predicted molar refractivity (Wildman–Crippen MR) is 103 cm³/mol. The summed E-state index contributed by atoms with van der Waals surface area (Å²) in [5.41, 5.74) is 0.711. The van der Waals surface area contributed by atoms with Crippen molar-refractivity contribution in [2.24, 2.45) is 0 Å². The first kappa shape index (κ1) is 17.9. The SMILES string of the molecule is CC(C)Oc1cccc(/C=C/C(=O)NCc2cc3c(=O)[nH]cnc3s2)c1. The number of aromatic amines is 1. The number of hydrogen-bond donors (Lipinski definition) is 2. The summed E-state index contributed by atoms with van der Waals surface area (Å²) in [7, 11) is 0. The maximum atomic E-state index is 12.0. The number of carbonyl (C=O) groups is 1. The van der Waals surface area contributed by atoms with Crippen molar-refractivity contribution in [2.75, 3.05) is 0 Å². The van der Waals surface area contributed by atoms with Crippen LogP contribution in [0.15, 0.2) is 47.5 Å². The molecule has 2 heterocycles. The van der Waals surface area contributed by atoms with Gasteiger partial charge in [0.25, 0.3) is 5.56 Å². The van der Waals surface area contributed by atoms with Crippen LogP contribution in [0.25, 0.3) is 16.3 Å². The molecule has 3 aromatic rings. The lowest BCUT2D eigenvalue weighted by Gasteiger charge is -2.09. The van der Waals surface area contributed by atoms with E-state index in [1.165, 1.54) is 23.7 Å². The molecule has 0 unspecified atom stereocenters. The average molecular weight is 369 g/mol. The Kier molecular flexibility index (Phi) is 5.48. The predicted octanol–water partition coefficient (Wildman–Crippen LogP) is 3.10. The summed E-state index contributed by atoms with van der Waals surface area (Å²) in [6, 6.07) is 9.31. The van der Waals surface area contributed by atoms with Gasteiger partial charge in [-0.05, 0) is 43.7 Å². The minimum absolute atomic E-state index is 0.0977. The highest BCUT2D eigenvalue weighted by atomic mass is 32.1. The molecule has 1 aromatic carbocycles. The van der Waals surface area contributed by atoms with Crippen molar-refractivity contribution in [3.63, 3.8) is 0 Å². The Morgan fingerprint density at radius 1 is 1.38 bits per heavy atom. The summed E-state index contributed by atoms with van der Waals surface area (Å²) >= 11 is 1.39. The summed E-state index contributed by atoms with van der Waals surface area (Å²) < 4.78 is 5.64. The highest BCUT2D eigenvalue weighted by molar-refractivity contribution is 7.18. The molecule has 0 aliphatic heterocycles. The van der Waals surface area contributed by atoms with Gasteiger partial charge in [0.15, 0.2) is 0 Å². The highest BCUT2D eigenvalue weighted by Crippen LogP contribution is 2.20. The van der Waals surface area contributed by atoms with Crippen LogP contribution in [-0.4, -0.2) is 22.0 Å². The molecule has 0 radical (unpaired) electrons. The molecular weight excluding hydrogens is 350 g/mol. The lowest BCUT2D eigenvalue weighted by atomic mass is 10.2. The number of nitrogens with one attached hydrogen (secondary N) is 2. The number of H-pyrrole nitrogens is 1. The second kappa shape index (κ2) is 7.97. The van der Waals surface area contributed by atoms with E-state index in [-0.39, 0.29) is 17.6 Å². The normalized spacial score (nSPS) is 11.3. The molecular formula is C19H19N3O3S. The number of hydrogen-bond acceptors (Lipinski definition) is 5. The van der Waals surface area contributed by atoms with Crippen LogP contribution in [-0.2, 0) is 11.3 Å². The molecule has 0 bridgehead atoms. The van der Waals surface area contributed by atoms with Gasteiger partial charge in [0.05, 0.1) is 24.4 Å². The van der Waals surface area contributed by atoms with E-state index >= 15 is 0 Å². The molecule has 0 saturated carbocycles. The lowest BCUT2D eigenvalue weighted by molar-refractivity contribution is -0.116. The topological polar surface area (TPSA) is 84.1 Å². The van der Waals surface area contributed by atoms with E-state index in [4.69, 9.17) is 4.74 Å². The third kappa shape index (κ3) is 4.58. The van der Waals surface area contributed by atoms with Gasteiger partial charge < -0.3 is 15.0 Å². The highest BCUT2D eigenvalue weighted by Gasteiger charge is 2.06. The number of aromatic nitrogens is 2. The van der Waals surface area contributed by atoms with Gasteiger partial charge in [0.2, 0.25) is 5.91 Å². The average Bonchev–Trinajstić information content (AvgIpc) is 3.02. The second-order valence-electron chi connectivity index (χ2n) is 5.95. The molecule has 0 atom stereocenters. The van der Waals surface area contributed by atoms with E-state index in [1.807, 2.05) is 38.1 Å². The van der Waals surface area contributed by atoms with Gasteiger partial charge in [-0.2, -0.15) is 0 Å². The molecule has 0 spiro atoms. The summed E-state index contributed by atoms with van der Waals surface area (Å²) in [6.07, 6.45) is 4.69. The second-order valence-corrected chi connectivity index (χ2v) is 7.07. The van der Waals surface area contributed by atoms with Gasteiger partial charge in [-0.3, -0.25) is 9.59 Å². The van der Waals surface area contributed by atoms with Crippen LogP contribution >= 0.6 is 11.3 Å². The van der Waals surface area contributed by atoms with Gasteiger partial charge in [0, 0.05) is 11.0 Å². The zero-order valence-corrected chi connectivity index (χ0v) is 15.3. The number of benzene rings is 1. The molecule has 6 nitrogen and oxygen atoms in total. The van der Waals surface area contributed by atoms with Crippen LogP contribution in [0.1, 0.15) is 24.3 Å². The first-order valence-corrected chi connectivity index (χ1v) is 9.01. The molecule has 2 N–H and O–H groups in total. The number of nitrogens with zero attached hydrogens (tertiary/aromatic N) is 1. The largest absolute Gasteiger partial charge is 0.491 e. The van der Waals surface area contributed by atoms with Crippen molar-refractivity contribution >= 4 is 33.5 Å². The van der Waals surface area contributed by atoms with Crippen molar-refractivity contribution < 1.29 is 9.53 Å². The Balaban J connectivity index is 1.60. The fourth-order valence-corrected chi connectivity index (χ4v) is 3.31. The van der Waals surface area contributed by atoms with Crippen molar-refractivity contribution in [2.45, 2.75) is 26.5 Å². The molecule has 3 rings (SSSR count). The van der Waals surface area contributed by atoms with Crippen LogP contribution in [0.4, 0.5) is 0 Å². The Bertz CT molecular complexity index is 1000.